The van der Waals surface area contributed by atoms with E-state index >= 15 is 0 Å². The number of nitrogens with zero attached hydrogens (tertiary/aromatic N) is 1. The summed E-state index contributed by atoms with van der Waals surface area (Å²) in [5.41, 5.74) is 1.21. The molecule has 0 radical (unpaired) electrons. The summed E-state index contributed by atoms with van der Waals surface area (Å²) in [6, 6.07) is 0. The summed E-state index contributed by atoms with van der Waals surface area (Å²) in [7, 11) is 0. The number of thiazole rings is 1. The van der Waals surface area contributed by atoms with Crippen molar-refractivity contribution in [1.29, 1.82) is 0 Å². The standard InChI is InChI=1S/C9H16N2S/c1-4-10-9-11-8(6-12-9)5-7(2)3/h6-7H,4-5H2,1-3H3,(H,10,11). The molecular formula is C9H16N2S. The first-order valence-corrected chi connectivity index (χ1v) is 5.28. The molecule has 0 aliphatic carbocycles. The van der Waals surface area contributed by atoms with E-state index in [0.29, 0.717) is 5.92 Å². The van der Waals surface area contributed by atoms with Crippen molar-refractivity contribution in [1.82, 2.24) is 4.98 Å². The maximum absolute atomic E-state index is 4.45. The highest BCUT2D eigenvalue weighted by Crippen LogP contribution is 2.17. The number of hydrogen-bond donors (Lipinski definition) is 1. The van der Waals surface area contributed by atoms with E-state index in [9.17, 15) is 0 Å². The van der Waals surface area contributed by atoms with Gasteiger partial charge in [0.05, 0.1) is 5.69 Å². The molecule has 3 heteroatoms. The van der Waals surface area contributed by atoms with Crippen molar-refractivity contribution in [2.45, 2.75) is 27.2 Å². The highest BCUT2D eigenvalue weighted by molar-refractivity contribution is 7.13. The molecule has 1 N–H and O–H groups in total. The van der Waals surface area contributed by atoms with Gasteiger partial charge < -0.3 is 5.32 Å². The molecule has 0 atom stereocenters. The van der Waals surface area contributed by atoms with Gasteiger partial charge in [-0.15, -0.1) is 11.3 Å². The Morgan fingerprint density at radius 3 is 2.92 bits per heavy atom. The van der Waals surface area contributed by atoms with E-state index in [0.717, 1.165) is 18.1 Å². The lowest BCUT2D eigenvalue weighted by Crippen LogP contribution is -1.97. The summed E-state index contributed by atoms with van der Waals surface area (Å²) in [5, 5.41) is 6.39. The third kappa shape index (κ3) is 2.81. The monoisotopic (exact) mass is 184 g/mol. The summed E-state index contributed by atoms with van der Waals surface area (Å²) in [6.07, 6.45) is 1.09. The van der Waals surface area contributed by atoms with Crippen molar-refractivity contribution in [2.75, 3.05) is 11.9 Å². The van der Waals surface area contributed by atoms with Crippen LogP contribution in [-0.4, -0.2) is 11.5 Å². The van der Waals surface area contributed by atoms with Crippen LogP contribution in [0.5, 0.6) is 0 Å². The van der Waals surface area contributed by atoms with Crippen LogP contribution in [0.1, 0.15) is 26.5 Å². The van der Waals surface area contributed by atoms with Gasteiger partial charge >= 0.3 is 0 Å². The van der Waals surface area contributed by atoms with E-state index in [1.165, 1.54) is 5.69 Å². The lowest BCUT2D eigenvalue weighted by atomic mass is 10.1. The molecule has 0 aliphatic heterocycles. The first kappa shape index (κ1) is 9.52. The molecule has 0 fully saturated rings. The zero-order chi connectivity index (χ0) is 8.97. The summed E-state index contributed by atoms with van der Waals surface area (Å²) in [6.45, 7) is 7.47. The van der Waals surface area contributed by atoms with E-state index in [-0.39, 0.29) is 0 Å². The van der Waals surface area contributed by atoms with Crippen LogP contribution < -0.4 is 5.32 Å². The number of nitrogens with one attached hydrogen (secondary N) is 1. The van der Waals surface area contributed by atoms with Gasteiger partial charge in [-0.05, 0) is 19.3 Å². The van der Waals surface area contributed by atoms with Gasteiger partial charge in [0.2, 0.25) is 0 Å². The second kappa shape index (κ2) is 4.45. The molecule has 0 amide bonds. The first-order chi connectivity index (χ1) is 5.72. The van der Waals surface area contributed by atoms with Gasteiger partial charge in [0.15, 0.2) is 5.13 Å². The average Bonchev–Trinajstić information content (AvgIpc) is 2.36. The van der Waals surface area contributed by atoms with Crippen molar-refractivity contribution in [3.05, 3.63) is 11.1 Å². The smallest absolute Gasteiger partial charge is 0.182 e. The fourth-order valence-corrected chi connectivity index (χ4v) is 1.85. The highest BCUT2D eigenvalue weighted by Gasteiger charge is 2.02. The molecule has 68 valence electrons. The summed E-state index contributed by atoms with van der Waals surface area (Å²) >= 11 is 1.69. The lowest BCUT2D eigenvalue weighted by Gasteiger charge is -1.99. The zero-order valence-corrected chi connectivity index (χ0v) is 8.74. The Kier molecular flexibility index (Phi) is 3.53. The quantitative estimate of drug-likeness (QED) is 0.778. The summed E-state index contributed by atoms with van der Waals surface area (Å²) in [5.74, 6) is 0.696. The molecule has 1 heterocycles. The fourth-order valence-electron chi connectivity index (χ4n) is 1.05. The Morgan fingerprint density at radius 2 is 2.33 bits per heavy atom. The molecule has 0 unspecified atom stereocenters. The van der Waals surface area contributed by atoms with E-state index in [4.69, 9.17) is 0 Å². The normalized spacial score (nSPS) is 10.7. The molecule has 1 rings (SSSR count). The average molecular weight is 184 g/mol. The van der Waals surface area contributed by atoms with Crippen molar-refractivity contribution in [3.8, 4) is 0 Å². The molecule has 0 aliphatic rings. The number of aromatic nitrogens is 1. The first-order valence-electron chi connectivity index (χ1n) is 4.40. The van der Waals surface area contributed by atoms with Crippen LogP contribution in [0.2, 0.25) is 0 Å². The van der Waals surface area contributed by atoms with Crippen LogP contribution in [0.15, 0.2) is 5.38 Å². The predicted octanol–water partition coefficient (Wildman–Crippen LogP) is 2.77. The zero-order valence-electron chi connectivity index (χ0n) is 7.92. The SMILES string of the molecule is CCNc1nc(CC(C)C)cs1. The van der Waals surface area contributed by atoms with Crippen molar-refractivity contribution in [3.63, 3.8) is 0 Å². The molecule has 12 heavy (non-hydrogen) atoms. The molecule has 0 saturated heterocycles. The molecule has 1 aromatic rings. The largest absolute Gasteiger partial charge is 0.362 e. The van der Waals surface area contributed by atoms with Gasteiger partial charge in [0.25, 0.3) is 0 Å². The van der Waals surface area contributed by atoms with E-state index in [2.05, 4.69) is 36.5 Å². The van der Waals surface area contributed by atoms with Crippen LogP contribution in [0, 0.1) is 5.92 Å². The van der Waals surface area contributed by atoms with Crippen molar-refractivity contribution >= 4 is 16.5 Å². The molecule has 0 bridgehead atoms. The van der Waals surface area contributed by atoms with Gasteiger partial charge in [-0.3, -0.25) is 0 Å². The third-order valence-corrected chi connectivity index (χ3v) is 2.35. The van der Waals surface area contributed by atoms with Crippen LogP contribution >= 0.6 is 11.3 Å². The molecule has 2 nitrogen and oxygen atoms in total. The topological polar surface area (TPSA) is 24.9 Å². The van der Waals surface area contributed by atoms with Gasteiger partial charge in [-0.25, -0.2) is 4.98 Å². The van der Waals surface area contributed by atoms with Crippen molar-refractivity contribution in [2.24, 2.45) is 5.92 Å². The van der Waals surface area contributed by atoms with Crippen LogP contribution in [-0.2, 0) is 6.42 Å². The van der Waals surface area contributed by atoms with Crippen molar-refractivity contribution < 1.29 is 0 Å². The Bertz CT molecular complexity index is 230. The van der Waals surface area contributed by atoms with E-state index < -0.39 is 0 Å². The third-order valence-electron chi connectivity index (χ3n) is 1.50. The number of anilines is 1. The van der Waals surface area contributed by atoms with Crippen LogP contribution in [0.25, 0.3) is 0 Å². The number of hydrogen-bond acceptors (Lipinski definition) is 3. The fraction of sp³-hybridized carbons (Fsp3) is 0.667. The van der Waals surface area contributed by atoms with E-state index in [1.54, 1.807) is 11.3 Å². The van der Waals surface area contributed by atoms with Crippen LogP contribution in [0.4, 0.5) is 5.13 Å². The second-order valence-corrected chi connectivity index (χ2v) is 4.13. The minimum atomic E-state index is 0.696. The highest BCUT2D eigenvalue weighted by atomic mass is 32.1. The molecule has 0 aromatic carbocycles. The predicted molar refractivity (Wildman–Crippen MR) is 54.8 cm³/mol. The van der Waals surface area contributed by atoms with Crippen LogP contribution in [0.3, 0.4) is 0 Å². The Balaban J connectivity index is 2.52. The molecule has 1 aromatic heterocycles. The Labute approximate surface area is 78.0 Å². The van der Waals surface area contributed by atoms with E-state index in [1.807, 2.05) is 0 Å². The molecule has 0 spiro atoms. The maximum atomic E-state index is 4.45. The summed E-state index contributed by atoms with van der Waals surface area (Å²) in [4.78, 5) is 4.45. The molecular weight excluding hydrogens is 168 g/mol. The maximum Gasteiger partial charge on any atom is 0.182 e. The van der Waals surface area contributed by atoms with Gasteiger partial charge in [0, 0.05) is 11.9 Å². The number of rotatable bonds is 4. The second-order valence-electron chi connectivity index (χ2n) is 3.27. The van der Waals surface area contributed by atoms with Gasteiger partial charge in [-0.2, -0.15) is 0 Å². The van der Waals surface area contributed by atoms with Gasteiger partial charge in [-0.1, -0.05) is 13.8 Å². The Hall–Kier alpha value is -0.570. The van der Waals surface area contributed by atoms with Gasteiger partial charge in [0.1, 0.15) is 0 Å². The minimum absolute atomic E-state index is 0.696. The minimum Gasteiger partial charge on any atom is -0.362 e. The molecule has 0 saturated carbocycles. The summed E-state index contributed by atoms with van der Waals surface area (Å²) < 4.78 is 0. The lowest BCUT2D eigenvalue weighted by molar-refractivity contribution is 0.638. The Morgan fingerprint density at radius 1 is 1.58 bits per heavy atom.